The minimum absolute atomic E-state index is 0.482. The Morgan fingerprint density at radius 1 is 1.20 bits per heavy atom. The molecule has 0 saturated heterocycles. The van der Waals surface area contributed by atoms with E-state index in [0.717, 1.165) is 0 Å². The molecule has 0 unspecified atom stereocenters. The van der Waals surface area contributed by atoms with Crippen molar-refractivity contribution in [3.8, 4) is 0 Å². The van der Waals surface area contributed by atoms with Crippen LogP contribution in [0.2, 0.25) is 0 Å². The lowest BCUT2D eigenvalue weighted by atomic mass is 10.2. The summed E-state index contributed by atoms with van der Waals surface area (Å²) < 4.78 is 0. The molecule has 0 aliphatic carbocycles. The number of ketones is 2. The van der Waals surface area contributed by atoms with Crippen LogP contribution in [0.3, 0.4) is 0 Å². The van der Waals surface area contributed by atoms with Crippen LogP contribution in [0.25, 0.3) is 0 Å². The number of carbonyl (C=O) groups is 3. The van der Waals surface area contributed by atoms with E-state index in [-0.39, 0.29) is 0 Å². The van der Waals surface area contributed by atoms with E-state index in [1.165, 1.54) is 0 Å². The van der Waals surface area contributed by atoms with Crippen LogP contribution in [0.1, 0.15) is 0 Å². The van der Waals surface area contributed by atoms with Crippen molar-refractivity contribution in [1.29, 1.82) is 0 Å². The van der Waals surface area contributed by atoms with Gasteiger partial charge < -0.3 is 5.73 Å². The van der Waals surface area contributed by atoms with E-state index >= 15 is 0 Å². The molecule has 0 saturated carbocycles. The average Bonchev–Trinajstić information content (AvgIpc) is 1.93. The molecule has 6 heteroatoms. The van der Waals surface area contributed by atoms with E-state index in [9.17, 15) is 14.4 Å². The van der Waals surface area contributed by atoms with Crippen molar-refractivity contribution in [2.45, 2.75) is 0 Å². The molecule has 6 nitrogen and oxygen atoms in total. The third-order valence-electron chi connectivity index (χ3n) is 0.923. The average molecular weight is 141 g/mol. The summed E-state index contributed by atoms with van der Waals surface area (Å²) in [6.45, 7) is 0. The second-order valence-electron chi connectivity index (χ2n) is 1.60. The molecule has 0 aromatic carbocycles. The summed E-state index contributed by atoms with van der Waals surface area (Å²) in [5.74, 6) is -3.75. The lowest BCUT2D eigenvalue weighted by Crippen LogP contribution is -2.46. The minimum Gasteiger partial charge on any atom is -0.379 e. The highest BCUT2D eigenvalue weighted by atomic mass is 16.2. The van der Waals surface area contributed by atoms with Crippen LogP contribution in [0.5, 0.6) is 0 Å². The molecule has 1 aliphatic rings. The first-order chi connectivity index (χ1) is 4.63. The van der Waals surface area contributed by atoms with Gasteiger partial charge in [0.05, 0.1) is 0 Å². The quantitative estimate of drug-likeness (QED) is 0.365. The van der Waals surface area contributed by atoms with E-state index in [1.54, 1.807) is 5.43 Å². The molecular weight excluding hydrogens is 138 g/mol. The zero-order chi connectivity index (χ0) is 7.72. The number of amidine groups is 1. The Morgan fingerprint density at radius 2 is 1.80 bits per heavy atom. The van der Waals surface area contributed by atoms with Gasteiger partial charge in [0.15, 0.2) is 5.84 Å². The van der Waals surface area contributed by atoms with Gasteiger partial charge in [-0.25, -0.2) is 5.43 Å². The molecule has 0 aromatic rings. The number of rotatable bonds is 0. The summed E-state index contributed by atoms with van der Waals surface area (Å²) in [6.07, 6.45) is 0. The van der Waals surface area contributed by atoms with Crippen molar-refractivity contribution in [2.24, 2.45) is 10.8 Å². The van der Waals surface area contributed by atoms with Crippen LogP contribution in [-0.2, 0) is 14.4 Å². The lowest BCUT2D eigenvalue weighted by Gasteiger charge is -2.03. The standard InChI is InChI=1S/C4H3N3O3/c5-3-1(8)2(9)4(10)7-6-3/h(H2,5,6)(H,7,10). The minimum atomic E-state index is -1.17. The number of nitrogens with one attached hydrogen (secondary N) is 1. The second-order valence-corrected chi connectivity index (χ2v) is 1.60. The molecular formula is C4H3N3O3. The number of carbonyl (C=O) groups excluding carboxylic acids is 3. The van der Waals surface area contributed by atoms with E-state index in [4.69, 9.17) is 5.73 Å². The van der Waals surface area contributed by atoms with Gasteiger partial charge in [0, 0.05) is 0 Å². The highest BCUT2D eigenvalue weighted by Crippen LogP contribution is 1.85. The Kier molecular flexibility index (Phi) is 1.22. The lowest BCUT2D eigenvalue weighted by molar-refractivity contribution is -0.143. The maximum atomic E-state index is 10.5. The first-order valence-electron chi connectivity index (χ1n) is 2.35. The first kappa shape index (κ1) is 6.40. The fourth-order valence-electron chi connectivity index (χ4n) is 0.432. The van der Waals surface area contributed by atoms with Gasteiger partial charge in [-0.2, -0.15) is 5.10 Å². The zero-order valence-corrected chi connectivity index (χ0v) is 4.75. The predicted octanol–water partition coefficient (Wildman–Crippen LogP) is -2.47. The van der Waals surface area contributed by atoms with Crippen LogP contribution in [-0.4, -0.2) is 23.3 Å². The van der Waals surface area contributed by atoms with E-state index in [1.807, 2.05) is 0 Å². The molecule has 0 spiro atoms. The van der Waals surface area contributed by atoms with Gasteiger partial charge in [-0.1, -0.05) is 0 Å². The van der Waals surface area contributed by atoms with Crippen molar-refractivity contribution in [2.75, 3.05) is 0 Å². The molecule has 0 bridgehead atoms. The number of hydrazone groups is 1. The number of hydrogen-bond donors (Lipinski definition) is 2. The summed E-state index contributed by atoms with van der Waals surface area (Å²) in [5, 5.41) is 3.07. The highest BCUT2D eigenvalue weighted by Gasteiger charge is 2.29. The van der Waals surface area contributed by atoms with Gasteiger partial charge in [-0.3, -0.25) is 14.4 Å². The van der Waals surface area contributed by atoms with Gasteiger partial charge in [-0.15, -0.1) is 0 Å². The summed E-state index contributed by atoms with van der Waals surface area (Å²) in [4.78, 5) is 31.2. The maximum absolute atomic E-state index is 10.5. The number of Topliss-reactive ketones (excluding diaryl/α,β-unsaturated/α-hetero) is 2. The smallest absolute Gasteiger partial charge is 0.316 e. The third kappa shape index (κ3) is 0.750. The maximum Gasteiger partial charge on any atom is 0.316 e. The summed E-state index contributed by atoms with van der Waals surface area (Å²) in [7, 11) is 0. The van der Waals surface area contributed by atoms with Crippen molar-refractivity contribution in [1.82, 2.24) is 5.43 Å². The molecule has 0 fully saturated rings. The fraction of sp³-hybridized carbons (Fsp3) is 0. The van der Waals surface area contributed by atoms with Gasteiger partial charge in [0.2, 0.25) is 0 Å². The van der Waals surface area contributed by atoms with Gasteiger partial charge in [0.1, 0.15) is 0 Å². The summed E-state index contributed by atoms with van der Waals surface area (Å²) in [5.41, 5.74) is 6.66. The molecule has 52 valence electrons. The normalized spacial score (nSPS) is 18.4. The molecule has 1 amide bonds. The van der Waals surface area contributed by atoms with Gasteiger partial charge in [0.25, 0.3) is 11.6 Å². The predicted molar refractivity (Wildman–Crippen MR) is 29.8 cm³/mol. The van der Waals surface area contributed by atoms with Crippen LogP contribution >= 0.6 is 0 Å². The summed E-state index contributed by atoms with van der Waals surface area (Å²) >= 11 is 0. The first-order valence-corrected chi connectivity index (χ1v) is 2.35. The molecule has 1 aliphatic heterocycles. The largest absolute Gasteiger partial charge is 0.379 e. The highest BCUT2D eigenvalue weighted by molar-refractivity contribution is 6.79. The SMILES string of the molecule is NC1=NNC(=O)C(=O)C1=O. The molecule has 0 radical (unpaired) electrons. The van der Waals surface area contributed by atoms with Crippen LogP contribution in [0, 0.1) is 0 Å². The van der Waals surface area contributed by atoms with Crippen LogP contribution in [0.4, 0.5) is 0 Å². The van der Waals surface area contributed by atoms with E-state index in [2.05, 4.69) is 5.10 Å². The van der Waals surface area contributed by atoms with Crippen molar-refractivity contribution >= 4 is 23.3 Å². The number of nitrogens with zero attached hydrogens (tertiary/aromatic N) is 1. The van der Waals surface area contributed by atoms with Crippen molar-refractivity contribution < 1.29 is 14.4 Å². The number of hydrogen-bond acceptors (Lipinski definition) is 5. The molecule has 3 N–H and O–H groups in total. The molecule has 1 rings (SSSR count). The van der Waals surface area contributed by atoms with Gasteiger partial charge in [-0.05, 0) is 0 Å². The molecule has 0 atom stereocenters. The Balaban J connectivity index is 3.03. The monoisotopic (exact) mass is 141 g/mol. The molecule has 1 heterocycles. The molecule has 0 aromatic heterocycles. The summed E-state index contributed by atoms with van der Waals surface area (Å²) in [6, 6.07) is 0. The third-order valence-corrected chi connectivity index (χ3v) is 0.923. The van der Waals surface area contributed by atoms with Crippen molar-refractivity contribution in [3.05, 3.63) is 0 Å². The molecule has 10 heavy (non-hydrogen) atoms. The Bertz CT molecular complexity index is 254. The Labute approximate surface area is 55.1 Å². The Hall–Kier alpha value is -1.72. The number of amides is 1. The Morgan fingerprint density at radius 3 is 2.30 bits per heavy atom. The van der Waals surface area contributed by atoms with Crippen LogP contribution in [0.15, 0.2) is 5.10 Å². The van der Waals surface area contributed by atoms with Crippen LogP contribution < -0.4 is 11.2 Å². The van der Waals surface area contributed by atoms with Gasteiger partial charge >= 0.3 is 5.91 Å². The number of nitrogens with two attached hydrogens (primary N) is 1. The van der Waals surface area contributed by atoms with E-state index < -0.39 is 23.3 Å². The fourth-order valence-corrected chi connectivity index (χ4v) is 0.432. The van der Waals surface area contributed by atoms with E-state index in [0.29, 0.717) is 0 Å². The zero-order valence-electron chi connectivity index (χ0n) is 4.75. The second kappa shape index (κ2) is 1.90. The van der Waals surface area contributed by atoms with Crippen molar-refractivity contribution in [3.63, 3.8) is 0 Å². The topological polar surface area (TPSA) is 102 Å².